The summed E-state index contributed by atoms with van der Waals surface area (Å²) in [5.41, 5.74) is -0.994. The molecule has 0 saturated carbocycles. The third kappa shape index (κ3) is 2.61. The second-order valence-electron chi connectivity index (χ2n) is 4.30. The van der Waals surface area contributed by atoms with E-state index in [1.807, 2.05) is 0 Å². The van der Waals surface area contributed by atoms with E-state index in [0.717, 1.165) is 12.1 Å². The molecule has 1 atom stereocenters. The van der Waals surface area contributed by atoms with Gasteiger partial charge in [-0.25, -0.2) is 13.6 Å². The molecular weight excluding hydrogens is 230 g/mol. The van der Waals surface area contributed by atoms with E-state index >= 15 is 0 Å². The monoisotopic (exact) mass is 244 g/mol. The zero-order valence-electron chi connectivity index (χ0n) is 9.83. The van der Waals surface area contributed by atoms with Crippen molar-refractivity contribution in [1.82, 2.24) is 0 Å². The lowest BCUT2D eigenvalue weighted by Gasteiger charge is -2.31. The van der Waals surface area contributed by atoms with E-state index in [9.17, 15) is 13.6 Å². The van der Waals surface area contributed by atoms with Gasteiger partial charge in [-0.3, -0.25) is 0 Å². The average Bonchev–Trinajstić information content (AvgIpc) is 2.16. The Bertz CT molecular complexity index is 430. The number of hydrogen-bond acceptors (Lipinski definition) is 2. The van der Waals surface area contributed by atoms with Gasteiger partial charge in [-0.15, -0.1) is 0 Å². The van der Waals surface area contributed by atoms with Crippen LogP contribution >= 0.6 is 0 Å². The Morgan fingerprint density at radius 3 is 2.41 bits per heavy atom. The van der Waals surface area contributed by atoms with Gasteiger partial charge in [0.05, 0.1) is 0 Å². The summed E-state index contributed by atoms with van der Waals surface area (Å²) in [5, 5.41) is 8.99. The van der Waals surface area contributed by atoms with Crippen LogP contribution in [0.25, 0.3) is 0 Å². The molecule has 1 aromatic rings. The number of carbonyl (C=O) groups is 1. The molecule has 1 aromatic carbocycles. The Kier molecular flexibility index (Phi) is 3.83. The van der Waals surface area contributed by atoms with Crippen molar-refractivity contribution < 1.29 is 23.4 Å². The molecule has 0 aromatic heterocycles. The third-order valence-corrected chi connectivity index (χ3v) is 2.74. The van der Waals surface area contributed by atoms with Crippen molar-refractivity contribution in [3.63, 3.8) is 0 Å². The Morgan fingerprint density at radius 2 is 2.00 bits per heavy atom. The SMILES string of the molecule is COC(C(=O)O)C(C)(C)c1ccc(F)cc1F. The maximum atomic E-state index is 13.6. The van der Waals surface area contributed by atoms with E-state index in [2.05, 4.69) is 0 Å². The van der Waals surface area contributed by atoms with Crippen LogP contribution in [0.3, 0.4) is 0 Å². The van der Waals surface area contributed by atoms with Crippen LogP contribution in [-0.2, 0) is 14.9 Å². The molecule has 0 saturated heterocycles. The Morgan fingerprint density at radius 1 is 1.41 bits per heavy atom. The molecule has 0 aliphatic carbocycles. The maximum absolute atomic E-state index is 13.6. The van der Waals surface area contributed by atoms with Gasteiger partial charge in [0.1, 0.15) is 11.6 Å². The van der Waals surface area contributed by atoms with Crippen LogP contribution in [0.5, 0.6) is 0 Å². The van der Waals surface area contributed by atoms with Gasteiger partial charge in [-0.1, -0.05) is 19.9 Å². The summed E-state index contributed by atoms with van der Waals surface area (Å²) in [6.07, 6.45) is -1.21. The fraction of sp³-hybridized carbons (Fsp3) is 0.417. The van der Waals surface area contributed by atoms with Gasteiger partial charge in [-0.05, 0) is 11.6 Å². The third-order valence-electron chi connectivity index (χ3n) is 2.74. The van der Waals surface area contributed by atoms with Crippen molar-refractivity contribution in [3.8, 4) is 0 Å². The molecular formula is C12H14F2O3. The topological polar surface area (TPSA) is 46.5 Å². The Hall–Kier alpha value is -1.49. The van der Waals surface area contributed by atoms with Crippen LogP contribution in [0.4, 0.5) is 8.78 Å². The summed E-state index contributed by atoms with van der Waals surface area (Å²) in [6.45, 7) is 3.07. The number of methoxy groups -OCH3 is 1. The lowest BCUT2D eigenvalue weighted by molar-refractivity contribution is -0.152. The van der Waals surface area contributed by atoms with Crippen LogP contribution in [-0.4, -0.2) is 24.3 Å². The summed E-state index contributed by atoms with van der Waals surface area (Å²) >= 11 is 0. The van der Waals surface area contributed by atoms with E-state index in [1.54, 1.807) is 0 Å². The van der Waals surface area contributed by atoms with E-state index in [4.69, 9.17) is 9.84 Å². The van der Waals surface area contributed by atoms with Crippen LogP contribution in [0, 0.1) is 11.6 Å². The molecule has 1 unspecified atom stereocenters. The first-order valence-corrected chi connectivity index (χ1v) is 5.02. The molecule has 1 rings (SSSR count). The molecule has 0 radical (unpaired) electrons. The van der Waals surface area contributed by atoms with Gasteiger partial charge in [0.15, 0.2) is 6.10 Å². The van der Waals surface area contributed by atoms with Crippen LogP contribution < -0.4 is 0 Å². The highest BCUT2D eigenvalue weighted by atomic mass is 19.1. The van der Waals surface area contributed by atoms with Crippen molar-refractivity contribution in [2.45, 2.75) is 25.4 Å². The number of hydrogen-bond donors (Lipinski definition) is 1. The zero-order chi connectivity index (χ0) is 13.2. The Labute approximate surface area is 98.0 Å². The van der Waals surface area contributed by atoms with Crippen LogP contribution in [0.1, 0.15) is 19.4 Å². The molecule has 0 aliphatic heterocycles. The highest BCUT2D eigenvalue weighted by Crippen LogP contribution is 2.31. The molecule has 0 fully saturated rings. The van der Waals surface area contributed by atoms with E-state index in [0.29, 0.717) is 0 Å². The van der Waals surface area contributed by atoms with Crippen molar-refractivity contribution in [3.05, 3.63) is 35.4 Å². The normalized spacial score (nSPS) is 13.5. The van der Waals surface area contributed by atoms with Crippen molar-refractivity contribution in [2.24, 2.45) is 0 Å². The maximum Gasteiger partial charge on any atom is 0.333 e. The molecule has 17 heavy (non-hydrogen) atoms. The number of carboxylic acid groups (broad SMARTS) is 1. The van der Waals surface area contributed by atoms with Gasteiger partial charge < -0.3 is 9.84 Å². The summed E-state index contributed by atoms with van der Waals surface area (Å²) in [5.74, 6) is -2.68. The first-order valence-electron chi connectivity index (χ1n) is 5.02. The van der Waals surface area contributed by atoms with Crippen molar-refractivity contribution in [2.75, 3.05) is 7.11 Å². The minimum absolute atomic E-state index is 0.105. The first-order chi connectivity index (χ1) is 7.80. The first kappa shape index (κ1) is 13.6. The lowest BCUT2D eigenvalue weighted by atomic mass is 9.79. The molecule has 0 spiro atoms. The summed E-state index contributed by atoms with van der Waals surface area (Å²) in [7, 11) is 1.24. The minimum Gasteiger partial charge on any atom is -0.479 e. The largest absolute Gasteiger partial charge is 0.479 e. The Balaban J connectivity index is 3.24. The van der Waals surface area contributed by atoms with Crippen LogP contribution in [0.15, 0.2) is 18.2 Å². The molecule has 3 nitrogen and oxygen atoms in total. The second kappa shape index (κ2) is 4.79. The van der Waals surface area contributed by atoms with E-state index < -0.39 is 29.1 Å². The van der Waals surface area contributed by atoms with Gasteiger partial charge in [-0.2, -0.15) is 0 Å². The zero-order valence-corrected chi connectivity index (χ0v) is 9.83. The fourth-order valence-corrected chi connectivity index (χ4v) is 1.86. The summed E-state index contributed by atoms with van der Waals surface area (Å²) in [4.78, 5) is 11.0. The van der Waals surface area contributed by atoms with E-state index in [1.165, 1.54) is 27.0 Å². The highest BCUT2D eigenvalue weighted by molar-refractivity contribution is 5.74. The number of rotatable bonds is 4. The van der Waals surface area contributed by atoms with Crippen molar-refractivity contribution >= 4 is 5.97 Å². The van der Waals surface area contributed by atoms with E-state index in [-0.39, 0.29) is 5.56 Å². The van der Waals surface area contributed by atoms with Gasteiger partial charge >= 0.3 is 5.97 Å². The molecule has 0 heterocycles. The van der Waals surface area contributed by atoms with Crippen molar-refractivity contribution in [1.29, 1.82) is 0 Å². The predicted octanol–water partition coefficient (Wildman–Crippen LogP) is 2.34. The molecule has 1 N–H and O–H groups in total. The number of halogens is 2. The number of benzene rings is 1. The number of ether oxygens (including phenoxy) is 1. The molecule has 0 amide bonds. The quantitative estimate of drug-likeness (QED) is 0.884. The molecule has 5 heteroatoms. The summed E-state index contributed by atoms with van der Waals surface area (Å²) in [6, 6.07) is 3.06. The number of aliphatic carboxylic acids is 1. The minimum atomic E-state index is -1.21. The van der Waals surface area contributed by atoms with Gasteiger partial charge in [0.2, 0.25) is 0 Å². The fourth-order valence-electron chi connectivity index (χ4n) is 1.86. The lowest BCUT2D eigenvalue weighted by Crippen LogP contribution is -2.42. The molecule has 0 bridgehead atoms. The second-order valence-corrected chi connectivity index (χ2v) is 4.30. The summed E-state index contributed by atoms with van der Waals surface area (Å²) < 4.78 is 31.3. The highest BCUT2D eigenvalue weighted by Gasteiger charge is 2.38. The van der Waals surface area contributed by atoms with Gasteiger partial charge in [0.25, 0.3) is 0 Å². The molecule has 94 valence electrons. The van der Waals surface area contributed by atoms with Crippen LogP contribution in [0.2, 0.25) is 0 Å². The predicted molar refractivity (Wildman–Crippen MR) is 57.8 cm³/mol. The smallest absolute Gasteiger partial charge is 0.333 e. The molecule has 0 aliphatic rings. The number of carboxylic acids is 1. The average molecular weight is 244 g/mol. The standard InChI is InChI=1S/C12H14F2O3/c1-12(2,10(17-3)11(15)16)8-5-4-7(13)6-9(8)14/h4-6,10H,1-3H3,(H,15,16). The van der Waals surface area contributed by atoms with Gasteiger partial charge in [0, 0.05) is 18.6 Å².